The van der Waals surface area contributed by atoms with Gasteiger partial charge in [0.15, 0.2) is 0 Å². The minimum absolute atomic E-state index is 0.283. The quantitative estimate of drug-likeness (QED) is 0.339. The molecule has 1 unspecified atom stereocenters. The van der Waals surface area contributed by atoms with Crippen molar-refractivity contribution in [2.75, 3.05) is 5.73 Å². The number of hydrogen-bond donors (Lipinski definition) is 3. The Morgan fingerprint density at radius 1 is 1.12 bits per heavy atom. The van der Waals surface area contributed by atoms with E-state index in [-0.39, 0.29) is 11.5 Å². The number of anilines is 1. The molecule has 0 bridgehead atoms. The fourth-order valence-electron chi connectivity index (χ4n) is 2.42. The second kappa shape index (κ2) is 6.41. The number of amides is 3. The van der Waals surface area contributed by atoms with Crippen molar-refractivity contribution in [1.29, 1.82) is 0 Å². The number of para-hydroxylation sites is 1. The molecule has 1 atom stereocenters. The molecule has 122 valence electrons. The molecule has 0 saturated carbocycles. The minimum atomic E-state index is -0.631. The van der Waals surface area contributed by atoms with E-state index in [0.29, 0.717) is 17.9 Å². The fraction of sp³-hybridized carbons (Fsp3) is 0.118. The van der Waals surface area contributed by atoms with Crippen LogP contribution in [0.3, 0.4) is 0 Å². The summed E-state index contributed by atoms with van der Waals surface area (Å²) in [5, 5.41) is 4.70. The second-order valence-electron chi connectivity index (χ2n) is 5.34. The Hall–Kier alpha value is -3.35. The number of rotatable bonds is 4. The first-order chi connectivity index (χ1) is 11.5. The van der Waals surface area contributed by atoms with E-state index in [0.717, 1.165) is 5.56 Å². The highest BCUT2D eigenvalue weighted by Crippen LogP contribution is 2.19. The van der Waals surface area contributed by atoms with Crippen LogP contribution < -0.4 is 21.1 Å². The van der Waals surface area contributed by atoms with E-state index in [1.54, 1.807) is 48.5 Å². The molecule has 1 aliphatic heterocycles. The molecule has 7 nitrogen and oxygen atoms in total. The van der Waals surface area contributed by atoms with Gasteiger partial charge >= 0.3 is 12.0 Å². The Kier molecular flexibility index (Phi) is 4.15. The van der Waals surface area contributed by atoms with Crippen LogP contribution in [-0.2, 0) is 11.2 Å². The number of carbonyl (C=O) groups is 3. The molecule has 0 aromatic heterocycles. The molecule has 1 saturated heterocycles. The van der Waals surface area contributed by atoms with Gasteiger partial charge in [0.2, 0.25) is 0 Å². The highest BCUT2D eigenvalue weighted by atomic mass is 16.5. The smallest absolute Gasteiger partial charge is 0.345 e. The third kappa shape index (κ3) is 3.35. The zero-order valence-corrected chi connectivity index (χ0v) is 12.6. The zero-order valence-electron chi connectivity index (χ0n) is 12.6. The van der Waals surface area contributed by atoms with Gasteiger partial charge in [-0.05, 0) is 29.8 Å². The average molecular weight is 325 g/mol. The van der Waals surface area contributed by atoms with Gasteiger partial charge in [-0.15, -0.1) is 0 Å². The number of nitrogens with two attached hydrogens (primary N) is 1. The number of ether oxygens (including phenoxy) is 1. The second-order valence-corrected chi connectivity index (χ2v) is 5.34. The van der Waals surface area contributed by atoms with Crippen LogP contribution in [-0.4, -0.2) is 23.9 Å². The van der Waals surface area contributed by atoms with Crippen LogP contribution in [0.1, 0.15) is 15.9 Å². The van der Waals surface area contributed by atoms with Crippen molar-refractivity contribution in [3.8, 4) is 5.75 Å². The van der Waals surface area contributed by atoms with Crippen LogP contribution in [0.5, 0.6) is 5.75 Å². The number of esters is 1. The van der Waals surface area contributed by atoms with E-state index in [1.807, 2.05) is 0 Å². The van der Waals surface area contributed by atoms with Gasteiger partial charge in [-0.3, -0.25) is 10.1 Å². The van der Waals surface area contributed by atoms with E-state index < -0.39 is 18.0 Å². The summed E-state index contributed by atoms with van der Waals surface area (Å²) in [6.07, 6.45) is 0.302. The van der Waals surface area contributed by atoms with Gasteiger partial charge in [-0.1, -0.05) is 24.3 Å². The number of nitrogens with one attached hydrogen (secondary N) is 2. The molecule has 3 amide bonds. The van der Waals surface area contributed by atoms with Crippen molar-refractivity contribution in [3.05, 3.63) is 59.7 Å². The molecule has 1 fully saturated rings. The number of benzene rings is 2. The van der Waals surface area contributed by atoms with Gasteiger partial charge in [-0.25, -0.2) is 9.59 Å². The molecule has 24 heavy (non-hydrogen) atoms. The van der Waals surface area contributed by atoms with Gasteiger partial charge in [0.05, 0.1) is 5.56 Å². The summed E-state index contributed by atoms with van der Waals surface area (Å²) in [6.45, 7) is 0. The summed E-state index contributed by atoms with van der Waals surface area (Å²) in [5.74, 6) is -0.595. The fourth-order valence-corrected chi connectivity index (χ4v) is 2.42. The van der Waals surface area contributed by atoms with E-state index in [9.17, 15) is 14.4 Å². The molecule has 7 heteroatoms. The Bertz CT molecular complexity index is 819. The maximum absolute atomic E-state index is 12.2. The average Bonchev–Trinajstić information content (AvgIpc) is 2.85. The molecule has 0 radical (unpaired) electrons. The van der Waals surface area contributed by atoms with E-state index in [1.165, 1.54) is 0 Å². The SMILES string of the molecule is Nc1ccccc1C(=O)Oc1cccc(CC2NC(=O)NC2=O)c1. The Morgan fingerprint density at radius 3 is 2.62 bits per heavy atom. The Balaban J connectivity index is 1.71. The maximum atomic E-state index is 12.2. The van der Waals surface area contributed by atoms with Crippen molar-refractivity contribution >= 4 is 23.6 Å². The first-order valence-corrected chi connectivity index (χ1v) is 7.30. The molecular weight excluding hydrogens is 310 g/mol. The van der Waals surface area contributed by atoms with Crippen LogP contribution in [0.2, 0.25) is 0 Å². The van der Waals surface area contributed by atoms with Crippen LogP contribution in [0.15, 0.2) is 48.5 Å². The summed E-state index contributed by atoms with van der Waals surface area (Å²) in [6, 6.07) is 12.3. The molecule has 2 aromatic carbocycles. The molecule has 0 aliphatic carbocycles. The zero-order chi connectivity index (χ0) is 17.1. The van der Waals surface area contributed by atoms with Gasteiger partial charge in [0.1, 0.15) is 11.8 Å². The van der Waals surface area contributed by atoms with Crippen LogP contribution in [0, 0.1) is 0 Å². The number of hydrogen-bond acceptors (Lipinski definition) is 5. The highest BCUT2D eigenvalue weighted by molar-refractivity contribution is 6.04. The molecule has 1 aliphatic rings. The molecule has 4 N–H and O–H groups in total. The summed E-state index contributed by atoms with van der Waals surface area (Å²) in [5.41, 5.74) is 7.13. The van der Waals surface area contributed by atoms with Crippen LogP contribution in [0.25, 0.3) is 0 Å². The topological polar surface area (TPSA) is 111 Å². The number of nitrogen functional groups attached to an aromatic ring is 1. The lowest BCUT2D eigenvalue weighted by Gasteiger charge is -2.10. The lowest BCUT2D eigenvalue weighted by atomic mass is 10.1. The molecule has 2 aromatic rings. The van der Waals surface area contributed by atoms with Crippen molar-refractivity contribution < 1.29 is 19.1 Å². The van der Waals surface area contributed by atoms with Crippen molar-refractivity contribution in [2.45, 2.75) is 12.5 Å². The molecule has 3 rings (SSSR count). The van der Waals surface area contributed by atoms with Gasteiger partial charge in [0.25, 0.3) is 5.91 Å². The first-order valence-electron chi connectivity index (χ1n) is 7.30. The van der Waals surface area contributed by atoms with Crippen LogP contribution >= 0.6 is 0 Å². The lowest BCUT2D eigenvalue weighted by molar-refractivity contribution is -0.120. The lowest BCUT2D eigenvalue weighted by Crippen LogP contribution is -2.31. The highest BCUT2D eigenvalue weighted by Gasteiger charge is 2.29. The van der Waals surface area contributed by atoms with Crippen molar-refractivity contribution in [1.82, 2.24) is 10.6 Å². The standard InChI is InChI=1S/C17H15N3O4/c18-13-7-2-1-6-12(13)16(22)24-11-5-3-4-10(8-11)9-14-15(21)20-17(23)19-14/h1-8,14H,9,18H2,(H2,19,20,21,23). The number of carbonyl (C=O) groups excluding carboxylic acids is 3. The Morgan fingerprint density at radius 2 is 1.92 bits per heavy atom. The molecule has 1 heterocycles. The third-order valence-corrected chi connectivity index (χ3v) is 3.59. The van der Waals surface area contributed by atoms with E-state index in [4.69, 9.17) is 10.5 Å². The minimum Gasteiger partial charge on any atom is -0.423 e. The molecule has 0 spiro atoms. The summed E-state index contributed by atoms with van der Waals surface area (Å²) in [4.78, 5) is 34.9. The van der Waals surface area contributed by atoms with Crippen molar-refractivity contribution in [3.63, 3.8) is 0 Å². The van der Waals surface area contributed by atoms with Crippen LogP contribution in [0.4, 0.5) is 10.5 Å². The van der Waals surface area contributed by atoms with E-state index in [2.05, 4.69) is 10.6 Å². The molecular formula is C17H15N3O4. The van der Waals surface area contributed by atoms with Gasteiger partial charge in [0, 0.05) is 12.1 Å². The van der Waals surface area contributed by atoms with E-state index >= 15 is 0 Å². The van der Waals surface area contributed by atoms with Gasteiger partial charge in [-0.2, -0.15) is 0 Å². The first kappa shape index (κ1) is 15.5. The number of imide groups is 1. The normalized spacial score (nSPS) is 16.4. The Labute approximate surface area is 137 Å². The largest absolute Gasteiger partial charge is 0.423 e. The van der Waals surface area contributed by atoms with Gasteiger partial charge < -0.3 is 15.8 Å². The predicted octanol–water partition coefficient (Wildman–Crippen LogP) is 1.24. The monoisotopic (exact) mass is 325 g/mol. The summed E-state index contributed by atoms with van der Waals surface area (Å²) < 4.78 is 5.33. The maximum Gasteiger partial charge on any atom is 0.345 e. The summed E-state index contributed by atoms with van der Waals surface area (Å²) in [7, 11) is 0. The number of urea groups is 1. The predicted molar refractivity (Wildman–Crippen MR) is 86.4 cm³/mol. The third-order valence-electron chi connectivity index (χ3n) is 3.59. The summed E-state index contributed by atoms with van der Waals surface area (Å²) >= 11 is 0. The van der Waals surface area contributed by atoms with Crippen molar-refractivity contribution in [2.24, 2.45) is 0 Å².